The van der Waals surface area contributed by atoms with E-state index >= 15 is 0 Å². The summed E-state index contributed by atoms with van der Waals surface area (Å²) >= 11 is 0. The molecule has 1 heterocycles. The van der Waals surface area contributed by atoms with Crippen LogP contribution in [0.4, 0.5) is 4.79 Å². The Morgan fingerprint density at radius 2 is 1.78 bits per heavy atom. The van der Waals surface area contributed by atoms with Crippen LogP contribution in [0.2, 0.25) is 0 Å². The Balaban J connectivity index is 1.62. The molecule has 0 fully saturated rings. The van der Waals surface area contributed by atoms with E-state index in [-0.39, 0.29) is 31.5 Å². The van der Waals surface area contributed by atoms with E-state index in [9.17, 15) is 9.59 Å². The van der Waals surface area contributed by atoms with Gasteiger partial charge in [0, 0.05) is 25.4 Å². The van der Waals surface area contributed by atoms with Gasteiger partial charge in [0.15, 0.2) is 0 Å². The van der Waals surface area contributed by atoms with E-state index in [1.165, 1.54) is 18.3 Å². The largest absolute Gasteiger partial charge is 0.493 e. The first-order chi connectivity index (χ1) is 11.1. The monoisotopic (exact) mass is 315 g/mol. The van der Waals surface area contributed by atoms with Crippen molar-refractivity contribution in [2.45, 2.75) is 6.61 Å². The van der Waals surface area contributed by atoms with Gasteiger partial charge in [-0.05, 0) is 11.6 Å². The zero-order valence-electron chi connectivity index (χ0n) is 12.4. The molecule has 0 aliphatic rings. The fraction of sp³-hybridized carbons (Fsp3) is 0.188. The zero-order chi connectivity index (χ0) is 16.5. The van der Waals surface area contributed by atoms with E-state index < -0.39 is 6.09 Å². The molecular formula is C16H17N3O4. The van der Waals surface area contributed by atoms with E-state index in [1.807, 2.05) is 30.3 Å². The van der Waals surface area contributed by atoms with E-state index in [4.69, 9.17) is 9.84 Å². The predicted molar refractivity (Wildman–Crippen MR) is 82.9 cm³/mol. The number of hydrogen-bond acceptors (Lipinski definition) is 5. The Kier molecular flexibility index (Phi) is 5.93. The van der Waals surface area contributed by atoms with Crippen LogP contribution in [0, 0.1) is 0 Å². The number of ether oxygens (including phenoxy) is 1. The second-order valence-electron chi connectivity index (χ2n) is 4.65. The summed E-state index contributed by atoms with van der Waals surface area (Å²) in [6.07, 6.45) is 0.723. The Bertz CT molecular complexity index is 644. The Morgan fingerprint density at radius 1 is 1.04 bits per heavy atom. The predicted octanol–water partition coefficient (Wildman–Crippen LogP) is 1.44. The standard InChI is InChI=1S/C16H17N3O4/c20-14-7-6-13(10-19-14)15(21)17-8-9-18-16(22)23-11-12-4-2-1-3-5-12/h1-7,10H,8-9,11H2,(H,17,21)(H,18,22)(H,19,20). The first-order valence-electron chi connectivity index (χ1n) is 7.03. The van der Waals surface area contributed by atoms with Gasteiger partial charge in [0.25, 0.3) is 5.91 Å². The van der Waals surface area contributed by atoms with Crippen molar-refractivity contribution in [2.24, 2.45) is 0 Å². The Morgan fingerprint density at radius 3 is 2.48 bits per heavy atom. The molecule has 1 aromatic heterocycles. The summed E-state index contributed by atoms with van der Waals surface area (Å²) < 4.78 is 5.03. The summed E-state index contributed by atoms with van der Waals surface area (Å²) in [5, 5.41) is 14.2. The minimum absolute atomic E-state index is 0.149. The zero-order valence-corrected chi connectivity index (χ0v) is 12.4. The molecule has 2 amide bonds. The molecule has 0 aliphatic heterocycles. The number of aromatic nitrogens is 1. The number of carbonyl (C=O) groups excluding carboxylic acids is 2. The fourth-order valence-corrected chi connectivity index (χ4v) is 1.74. The van der Waals surface area contributed by atoms with Crippen LogP contribution in [0.25, 0.3) is 0 Å². The number of nitrogens with zero attached hydrogens (tertiary/aromatic N) is 1. The van der Waals surface area contributed by atoms with Crippen molar-refractivity contribution >= 4 is 12.0 Å². The number of benzene rings is 1. The van der Waals surface area contributed by atoms with Crippen molar-refractivity contribution < 1.29 is 19.4 Å². The highest BCUT2D eigenvalue weighted by atomic mass is 16.5. The number of nitrogens with one attached hydrogen (secondary N) is 2. The molecule has 0 aliphatic carbocycles. The first kappa shape index (κ1) is 16.3. The molecule has 0 saturated heterocycles. The lowest BCUT2D eigenvalue weighted by atomic mass is 10.2. The third kappa shape index (κ3) is 5.66. The minimum atomic E-state index is -0.547. The van der Waals surface area contributed by atoms with Gasteiger partial charge < -0.3 is 20.5 Å². The summed E-state index contributed by atoms with van der Waals surface area (Å²) in [7, 11) is 0. The SMILES string of the molecule is O=C(NCCNC(=O)c1ccc(O)nc1)OCc1ccccc1. The summed E-state index contributed by atoms with van der Waals surface area (Å²) in [5.74, 6) is -0.485. The highest BCUT2D eigenvalue weighted by Crippen LogP contribution is 2.04. The number of hydrogen-bond donors (Lipinski definition) is 3. The average molecular weight is 315 g/mol. The van der Waals surface area contributed by atoms with Crippen LogP contribution in [-0.2, 0) is 11.3 Å². The molecule has 120 valence electrons. The lowest BCUT2D eigenvalue weighted by Gasteiger charge is -2.08. The summed E-state index contributed by atoms with van der Waals surface area (Å²) in [4.78, 5) is 26.8. The number of pyridine rings is 1. The highest BCUT2D eigenvalue weighted by Gasteiger charge is 2.06. The number of rotatable bonds is 6. The second-order valence-corrected chi connectivity index (χ2v) is 4.65. The molecule has 0 radical (unpaired) electrons. The van der Waals surface area contributed by atoms with Crippen LogP contribution in [0.5, 0.6) is 5.88 Å². The molecule has 0 spiro atoms. The van der Waals surface area contributed by atoms with Crippen molar-refractivity contribution in [1.29, 1.82) is 0 Å². The van der Waals surface area contributed by atoms with Gasteiger partial charge >= 0.3 is 6.09 Å². The van der Waals surface area contributed by atoms with Crippen molar-refractivity contribution in [3.63, 3.8) is 0 Å². The van der Waals surface area contributed by atoms with Gasteiger partial charge in [-0.25, -0.2) is 9.78 Å². The third-order valence-electron chi connectivity index (χ3n) is 2.90. The number of carbonyl (C=O) groups is 2. The van der Waals surface area contributed by atoms with Crippen LogP contribution in [0.3, 0.4) is 0 Å². The first-order valence-corrected chi connectivity index (χ1v) is 7.03. The van der Waals surface area contributed by atoms with Gasteiger partial charge in [0.05, 0.1) is 5.56 Å². The molecular weight excluding hydrogens is 298 g/mol. The smallest absolute Gasteiger partial charge is 0.407 e. The van der Waals surface area contributed by atoms with E-state index in [0.717, 1.165) is 5.56 Å². The Hall–Kier alpha value is -3.09. The van der Waals surface area contributed by atoms with Gasteiger partial charge in [-0.2, -0.15) is 0 Å². The lowest BCUT2D eigenvalue weighted by molar-refractivity contribution is 0.0951. The minimum Gasteiger partial charge on any atom is -0.493 e. The van der Waals surface area contributed by atoms with Crippen LogP contribution < -0.4 is 10.6 Å². The van der Waals surface area contributed by atoms with E-state index in [0.29, 0.717) is 5.56 Å². The molecule has 23 heavy (non-hydrogen) atoms. The summed E-state index contributed by atoms with van der Waals surface area (Å²) in [6, 6.07) is 12.1. The molecule has 0 unspecified atom stereocenters. The summed E-state index contributed by atoms with van der Waals surface area (Å²) in [6.45, 7) is 0.684. The van der Waals surface area contributed by atoms with Crippen LogP contribution >= 0.6 is 0 Å². The van der Waals surface area contributed by atoms with Crippen molar-refractivity contribution in [3.05, 3.63) is 59.8 Å². The van der Waals surface area contributed by atoms with E-state index in [1.54, 1.807) is 0 Å². The van der Waals surface area contributed by atoms with E-state index in [2.05, 4.69) is 15.6 Å². The molecule has 1 aromatic carbocycles. The fourth-order valence-electron chi connectivity index (χ4n) is 1.74. The van der Waals surface area contributed by atoms with Crippen molar-refractivity contribution in [3.8, 4) is 5.88 Å². The number of alkyl carbamates (subject to hydrolysis) is 1. The molecule has 7 heteroatoms. The van der Waals surface area contributed by atoms with Gasteiger partial charge in [-0.1, -0.05) is 30.3 Å². The van der Waals surface area contributed by atoms with Gasteiger partial charge in [-0.3, -0.25) is 4.79 Å². The molecule has 2 aromatic rings. The van der Waals surface area contributed by atoms with Crippen LogP contribution in [0.15, 0.2) is 48.7 Å². The van der Waals surface area contributed by atoms with Crippen LogP contribution in [0.1, 0.15) is 15.9 Å². The summed E-state index contributed by atoms with van der Waals surface area (Å²) in [5.41, 5.74) is 1.23. The Labute approximate surface area is 133 Å². The van der Waals surface area contributed by atoms with Gasteiger partial charge in [0.2, 0.25) is 5.88 Å². The molecule has 2 rings (SSSR count). The molecule has 3 N–H and O–H groups in total. The van der Waals surface area contributed by atoms with Gasteiger partial charge in [0.1, 0.15) is 6.61 Å². The maximum atomic E-state index is 11.7. The highest BCUT2D eigenvalue weighted by molar-refractivity contribution is 5.93. The maximum absolute atomic E-state index is 11.7. The maximum Gasteiger partial charge on any atom is 0.407 e. The second kappa shape index (κ2) is 8.38. The van der Waals surface area contributed by atoms with Gasteiger partial charge in [-0.15, -0.1) is 0 Å². The molecule has 0 saturated carbocycles. The van der Waals surface area contributed by atoms with Crippen molar-refractivity contribution in [1.82, 2.24) is 15.6 Å². The van der Waals surface area contributed by atoms with Crippen molar-refractivity contribution in [2.75, 3.05) is 13.1 Å². The van der Waals surface area contributed by atoms with Crippen LogP contribution in [-0.4, -0.2) is 35.2 Å². The number of amides is 2. The molecule has 0 bridgehead atoms. The third-order valence-corrected chi connectivity index (χ3v) is 2.90. The lowest BCUT2D eigenvalue weighted by Crippen LogP contribution is -2.34. The molecule has 0 atom stereocenters. The number of aromatic hydroxyl groups is 1. The quantitative estimate of drug-likeness (QED) is 0.700. The normalized spacial score (nSPS) is 9.91. The molecule has 7 nitrogen and oxygen atoms in total. The average Bonchev–Trinajstić information content (AvgIpc) is 2.58. The topological polar surface area (TPSA) is 101 Å².